The summed E-state index contributed by atoms with van der Waals surface area (Å²) in [6.45, 7) is 5.51. The van der Waals surface area contributed by atoms with Crippen molar-refractivity contribution in [2.24, 2.45) is 11.3 Å². The van der Waals surface area contributed by atoms with Crippen LogP contribution in [0.3, 0.4) is 0 Å². The smallest absolute Gasteiger partial charge is 0.309 e. The van der Waals surface area contributed by atoms with E-state index in [1.807, 2.05) is 6.92 Å². The molecule has 0 aliphatic heterocycles. The standard InChI is InChI=1S/C13H22O2/c1-3-9-13(2,12(14)15)10-11-7-5-4-6-8-11/h3,11H,1,4-10H2,2H3,(H,14,15). The van der Waals surface area contributed by atoms with Crippen molar-refractivity contribution in [3.05, 3.63) is 12.7 Å². The Labute approximate surface area is 92.4 Å². The Hall–Kier alpha value is -0.790. The molecule has 1 unspecified atom stereocenters. The minimum Gasteiger partial charge on any atom is -0.481 e. The Morgan fingerprint density at radius 2 is 2.07 bits per heavy atom. The third kappa shape index (κ3) is 3.37. The van der Waals surface area contributed by atoms with Crippen molar-refractivity contribution in [3.63, 3.8) is 0 Å². The molecule has 86 valence electrons. The number of allylic oxidation sites excluding steroid dienone is 1. The zero-order valence-electron chi connectivity index (χ0n) is 9.67. The van der Waals surface area contributed by atoms with Gasteiger partial charge in [0.1, 0.15) is 0 Å². The summed E-state index contributed by atoms with van der Waals surface area (Å²) in [5, 5.41) is 9.25. The van der Waals surface area contributed by atoms with Gasteiger partial charge >= 0.3 is 5.97 Å². The lowest BCUT2D eigenvalue weighted by molar-refractivity contribution is -0.149. The van der Waals surface area contributed by atoms with Crippen LogP contribution in [0.15, 0.2) is 12.7 Å². The van der Waals surface area contributed by atoms with Crippen LogP contribution in [0.25, 0.3) is 0 Å². The molecule has 0 amide bonds. The predicted octanol–water partition coefficient (Wildman–Crippen LogP) is 3.62. The van der Waals surface area contributed by atoms with E-state index in [9.17, 15) is 9.90 Å². The predicted molar refractivity (Wildman–Crippen MR) is 61.7 cm³/mol. The minimum atomic E-state index is -0.673. The third-order valence-electron chi connectivity index (χ3n) is 3.58. The normalized spacial score (nSPS) is 21.9. The second-order valence-electron chi connectivity index (χ2n) is 5.07. The van der Waals surface area contributed by atoms with E-state index in [1.165, 1.54) is 32.1 Å². The molecule has 1 rings (SSSR count). The molecule has 0 saturated heterocycles. The largest absolute Gasteiger partial charge is 0.481 e. The maximum Gasteiger partial charge on any atom is 0.309 e. The SMILES string of the molecule is C=CCC(C)(CC1CCCCC1)C(=O)O. The fourth-order valence-electron chi connectivity index (χ4n) is 2.60. The molecular formula is C13H22O2. The van der Waals surface area contributed by atoms with Crippen molar-refractivity contribution in [2.45, 2.75) is 51.9 Å². The van der Waals surface area contributed by atoms with Gasteiger partial charge in [0.25, 0.3) is 0 Å². The van der Waals surface area contributed by atoms with Gasteiger partial charge in [-0.15, -0.1) is 6.58 Å². The minimum absolute atomic E-state index is 0.582. The van der Waals surface area contributed by atoms with Crippen molar-refractivity contribution in [1.82, 2.24) is 0 Å². The first-order chi connectivity index (χ1) is 7.08. The molecule has 1 N–H and O–H groups in total. The number of carbonyl (C=O) groups is 1. The zero-order chi connectivity index (χ0) is 11.3. The quantitative estimate of drug-likeness (QED) is 0.704. The van der Waals surface area contributed by atoms with Crippen LogP contribution < -0.4 is 0 Å². The van der Waals surface area contributed by atoms with Crippen molar-refractivity contribution >= 4 is 5.97 Å². The van der Waals surface area contributed by atoms with Crippen LogP contribution in [0.4, 0.5) is 0 Å². The number of carboxylic acid groups (broad SMARTS) is 1. The average molecular weight is 210 g/mol. The van der Waals surface area contributed by atoms with Crippen LogP contribution in [-0.4, -0.2) is 11.1 Å². The molecule has 0 radical (unpaired) electrons. The van der Waals surface area contributed by atoms with E-state index in [0.29, 0.717) is 12.3 Å². The van der Waals surface area contributed by atoms with Crippen LogP contribution >= 0.6 is 0 Å². The van der Waals surface area contributed by atoms with Crippen molar-refractivity contribution in [2.75, 3.05) is 0 Å². The van der Waals surface area contributed by atoms with Crippen molar-refractivity contribution in [1.29, 1.82) is 0 Å². The van der Waals surface area contributed by atoms with Gasteiger partial charge in [0.2, 0.25) is 0 Å². The topological polar surface area (TPSA) is 37.3 Å². The molecule has 0 aromatic heterocycles. The number of hydrogen-bond acceptors (Lipinski definition) is 1. The number of aliphatic carboxylic acids is 1. The Bertz CT molecular complexity index is 229. The Balaban J connectivity index is 2.56. The molecule has 2 heteroatoms. The number of rotatable bonds is 5. The molecule has 0 aromatic rings. The second kappa shape index (κ2) is 5.34. The van der Waals surface area contributed by atoms with Gasteiger partial charge in [-0.05, 0) is 25.7 Å². The summed E-state index contributed by atoms with van der Waals surface area (Å²) in [5.74, 6) is -0.0622. The van der Waals surface area contributed by atoms with Gasteiger partial charge in [0, 0.05) is 0 Å². The van der Waals surface area contributed by atoms with Gasteiger partial charge in [-0.3, -0.25) is 4.79 Å². The molecule has 0 aromatic carbocycles. The summed E-state index contributed by atoms with van der Waals surface area (Å²) >= 11 is 0. The lowest BCUT2D eigenvalue weighted by Crippen LogP contribution is -2.30. The lowest BCUT2D eigenvalue weighted by Gasteiger charge is -2.30. The molecule has 1 saturated carbocycles. The number of hydrogen-bond donors (Lipinski definition) is 1. The van der Waals surface area contributed by atoms with E-state index < -0.39 is 11.4 Å². The first-order valence-electron chi connectivity index (χ1n) is 5.93. The van der Waals surface area contributed by atoms with Crippen LogP contribution in [-0.2, 0) is 4.79 Å². The Morgan fingerprint density at radius 3 is 2.53 bits per heavy atom. The Morgan fingerprint density at radius 1 is 1.47 bits per heavy atom. The molecular weight excluding hydrogens is 188 g/mol. The summed E-state index contributed by atoms with van der Waals surface area (Å²) in [5.41, 5.74) is -0.593. The Kier molecular flexibility index (Phi) is 4.37. The molecule has 1 aliphatic rings. The van der Waals surface area contributed by atoms with Gasteiger partial charge in [-0.1, -0.05) is 38.2 Å². The van der Waals surface area contributed by atoms with Crippen molar-refractivity contribution < 1.29 is 9.90 Å². The van der Waals surface area contributed by atoms with E-state index in [0.717, 1.165) is 6.42 Å². The molecule has 1 aliphatic carbocycles. The summed E-state index contributed by atoms with van der Waals surface area (Å²) in [6, 6.07) is 0. The maximum atomic E-state index is 11.2. The zero-order valence-corrected chi connectivity index (χ0v) is 9.67. The molecule has 0 spiro atoms. The monoisotopic (exact) mass is 210 g/mol. The van der Waals surface area contributed by atoms with Gasteiger partial charge in [0.15, 0.2) is 0 Å². The summed E-state index contributed by atoms with van der Waals surface area (Å²) < 4.78 is 0. The second-order valence-corrected chi connectivity index (χ2v) is 5.07. The first kappa shape index (κ1) is 12.3. The van der Waals surface area contributed by atoms with Gasteiger partial charge in [0.05, 0.1) is 5.41 Å². The van der Waals surface area contributed by atoms with E-state index in [-0.39, 0.29) is 0 Å². The first-order valence-corrected chi connectivity index (χ1v) is 5.93. The highest BCUT2D eigenvalue weighted by Gasteiger charge is 2.34. The highest BCUT2D eigenvalue weighted by molar-refractivity contribution is 5.74. The maximum absolute atomic E-state index is 11.2. The van der Waals surface area contributed by atoms with E-state index in [4.69, 9.17) is 0 Å². The molecule has 1 fully saturated rings. The van der Waals surface area contributed by atoms with Gasteiger partial charge in [-0.2, -0.15) is 0 Å². The third-order valence-corrected chi connectivity index (χ3v) is 3.58. The van der Waals surface area contributed by atoms with Crippen LogP contribution in [0.2, 0.25) is 0 Å². The molecule has 0 heterocycles. The highest BCUT2D eigenvalue weighted by atomic mass is 16.4. The fourth-order valence-corrected chi connectivity index (χ4v) is 2.60. The lowest BCUT2D eigenvalue weighted by atomic mass is 9.74. The fraction of sp³-hybridized carbons (Fsp3) is 0.769. The van der Waals surface area contributed by atoms with Crippen LogP contribution in [0.1, 0.15) is 51.9 Å². The summed E-state index contributed by atoms with van der Waals surface area (Å²) in [4.78, 5) is 11.2. The molecule has 0 bridgehead atoms. The van der Waals surface area contributed by atoms with E-state index >= 15 is 0 Å². The molecule has 15 heavy (non-hydrogen) atoms. The van der Waals surface area contributed by atoms with Gasteiger partial charge in [-0.25, -0.2) is 0 Å². The summed E-state index contributed by atoms with van der Waals surface area (Å²) in [7, 11) is 0. The van der Waals surface area contributed by atoms with Crippen LogP contribution in [0.5, 0.6) is 0 Å². The molecule has 2 nitrogen and oxygen atoms in total. The summed E-state index contributed by atoms with van der Waals surface area (Å²) in [6.07, 6.45) is 9.41. The van der Waals surface area contributed by atoms with Crippen LogP contribution in [0, 0.1) is 11.3 Å². The average Bonchev–Trinajstić information content (AvgIpc) is 2.19. The van der Waals surface area contributed by atoms with E-state index in [2.05, 4.69) is 6.58 Å². The highest BCUT2D eigenvalue weighted by Crippen LogP contribution is 2.37. The van der Waals surface area contributed by atoms with E-state index in [1.54, 1.807) is 6.08 Å². The van der Waals surface area contributed by atoms with Gasteiger partial charge < -0.3 is 5.11 Å². The van der Waals surface area contributed by atoms with Crippen molar-refractivity contribution in [3.8, 4) is 0 Å². The number of carboxylic acids is 1. The molecule has 1 atom stereocenters.